The Morgan fingerprint density at radius 2 is 1.49 bits per heavy atom. The van der Waals surface area contributed by atoms with E-state index in [2.05, 4.69) is 30.3 Å². The molecule has 1 N–H and O–H groups in total. The lowest BCUT2D eigenvalue weighted by atomic mass is 10.1. The summed E-state index contributed by atoms with van der Waals surface area (Å²) in [6, 6.07) is 11.7. The first-order valence-electron chi connectivity index (χ1n) is 13.3. The molecule has 0 unspecified atom stereocenters. The zero-order valence-corrected chi connectivity index (χ0v) is 22.7. The van der Waals surface area contributed by atoms with Crippen LogP contribution in [0.25, 0.3) is 0 Å². The number of piperidine rings is 2. The minimum absolute atomic E-state index is 0.303. The van der Waals surface area contributed by atoms with Gasteiger partial charge < -0.3 is 19.3 Å². The number of hydrogen-bond donors (Lipinski definition) is 1. The normalized spacial score (nSPS) is 15.8. The molecule has 0 spiro atoms. The fraction of sp³-hybridized carbons (Fsp3) is 0.393. The van der Waals surface area contributed by atoms with Gasteiger partial charge in [0.1, 0.15) is 0 Å². The second-order valence-corrected chi connectivity index (χ2v) is 9.97. The molecular weight excluding hydrogens is 518 g/mol. The van der Waals surface area contributed by atoms with Crippen molar-refractivity contribution >= 4 is 41.6 Å². The van der Waals surface area contributed by atoms with Gasteiger partial charge in [-0.25, -0.2) is 10.2 Å². The number of esters is 1. The maximum atomic E-state index is 12.5. The van der Waals surface area contributed by atoms with Crippen molar-refractivity contribution in [1.82, 2.24) is 15.0 Å². The molecule has 0 amide bonds. The predicted molar refractivity (Wildman–Crippen MR) is 153 cm³/mol. The highest BCUT2D eigenvalue weighted by Gasteiger charge is 2.20. The summed E-state index contributed by atoms with van der Waals surface area (Å²) in [5, 5.41) is 4.91. The molecule has 2 saturated heterocycles. The summed E-state index contributed by atoms with van der Waals surface area (Å²) in [5.74, 6) is 1.99. The lowest BCUT2D eigenvalue weighted by Crippen LogP contribution is -2.34. The van der Waals surface area contributed by atoms with Gasteiger partial charge in [0.05, 0.1) is 18.9 Å². The van der Waals surface area contributed by atoms with Gasteiger partial charge in [-0.15, -0.1) is 0 Å². The Bertz CT molecular complexity index is 1270. The Labute approximate surface area is 233 Å². The van der Waals surface area contributed by atoms with Gasteiger partial charge in [0.15, 0.2) is 11.5 Å². The number of carbonyl (C=O) groups excluding carboxylic acids is 1. The van der Waals surface area contributed by atoms with E-state index in [9.17, 15) is 4.79 Å². The van der Waals surface area contributed by atoms with Crippen LogP contribution in [0, 0.1) is 0 Å². The Morgan fingerprint density at radius 3 is 2.08 bits per heavy atom. The van der Waals surface area contributed by atoms with Crippen molar-refractivity contribution in [3.63, 3.8) is 0 Å². The van der Waals surface area contributed by atoms with E-state index in [0.717, 1.165) is 57.4 Å². The van der Waals surface area contributed by atoms with Gasteiger partial charge in [-0.3, -0.25) is 0 Å². The third-order valence-electron chi connectivity index (χ3n) is 6.74. The number of hydrogen-bond acceptors (Lipinski definition) is 10. The van der Waals surface area contributed by atoms with Crippen LogP contribution in [0.2, 0.25) is 5.02 Å². The number of nitrogens with one attached hydrogen (secondary N) is 1. The highest BCUT2D eigenvalue weighted by atomic mass is 35.5. The molecule has 0 radical (unpaired) electrons. The van der Waals surface area contributed by atoms with Crippen LogP contribution in [0.3, 0.4) is 0 Å². The molecule has 2 fully saturated rings. The first-order chi connectivity index (χ1) is 19.1. The fourth-order valence-corrected chi connectivity index (χ4v) is 4.76. The second-order valence-electron chi connectivity index (χ2n) is 9.53. The molecule has 0 bridgehead atoms. The summed E-state index contributed by atoms with van der Waals surface area (Å²) in [5.41, 5.74) is 4.11. The minimum Gasteiger partial charge on any atom is -0.493 e. The molecule has 0 saturated carbocycles. The van der Waals surface area contributed by atoms with Crippen LogP contribution in [0.4, 0.5) is 17.8 Å². The van der Waals surface area contributed by atoms with Gasteiger partial charge in [-0.2, -0.15) is 20.1 Å². The molecule has 3 heterocycles. The zero-order chi connectivity index (χ0) is 27.0. The lowest BCUT2D eigenvalue weighted by Gasteiger charge is -2.30. The summed E-state index contributed by atoms with van der Waals surface area (Å²) in [7, 11) is 1.52. The summed E-state index contributed by atoms with van der Waals surface area (Å²) >= 11 is 5.90. The Morgan fingerprint density at radius 1 is 0.872 bits per heavy atom. The number of ether oxygens (including phenoxy) is 2. The van der Waals surface area contributed by atoms with E-state index in [1.165, 1.54) is 20.0 Å². The minimum atomic E-state index is -0.503. The van der Waals surface area contributed by atoms with Crippen LogP contribution in [0.5, 0.6) is 11.5 Å². The van der Waals surface area contributed by atoms with Crippen LogP contribution >= 0.6 is 11.6 Å². The number of halogens is 1. The molecule has 0 aliphatic carbocycles. The molecule has 0 atom stereocenters. The molecular formula is C28H32ClN7O3. The quantitative estimate of drug-likeness (QED) is 0.176. The van der Waals surface area contributed by atoms with Gasteiger partial charge >= 0.3 is 5.97 Å². The SMILES string of the molecule is COc1cc(C=NNc2nc(N3CCCCC3)nc(N3CCCCC3)n2)ccc1OC(=O)c1ccc(Cl)cc1. The number of rotatable bonds is 8. The average molecular weight is 550 g/mol. The third-order valence-corrected chi connectivity index (χ3v) is 6.99. The summed E-state index contributed by atoms with van der Waals surface area (Å²) in [6.07, 6.45) is 8.66. The largest absolute Gasteiger partial charge is 0.493 e. The van der Waals surface area contributed by atoms with Gasteiger partial charge in [0.25, 0.3) is 0 Å². The van der Waals surface area contributed by atoms with Crippen molar-refractivity contribution in [1.29, 1.82) is 0 Å². The molecule has 11 heteroatoms. The van der Waals surface area contributed by atoms with E-state index in [1.807, 2.05) is 0 Å². The fourth-order valence-electron chi connectivity index (χ4n) is 4.63. The van der Waals surface area contributed by atoms with Crippen LogP contribution < -0.4 is 24.7 Å². The lowest BCUT2D eigenvalue weighted by molar-refractivity contribution is 0.0729. The molecule has 10 nitrogen and oxygen atoms in total. The second kappa shape index (κ2) is 12.8. The van der Waals surface area contributed by atoms with Crippen molar-refractivity contribution in [2.24, 2.45) is 5.10 Å². The number of benzene rings is 2. The highest BCUT2D eigenvalue weighted by Crippen LogP contribution is 2.29. The van der Waals surface area contributed by atoms with Crippen LogP contribution in [0.1, 0.15) is 54.4 Å². The third kappa shape index (κ3) is 6.94. The maximum Gasteiger partial charge on any atom is 0.343 e. The van der Waals surface area contributed by atoms with Crippen molar-refractivity contribution in [3.8, 4) is 11.5 Å². The Hall–Kier alpha value is -3.92. The van der Waals surface area contributed by atoms with E-state index in [1.54, 1.807) is 48.7 Å². The van der Waals surface area contributed by atoms with Crippen LogP contribution in [-0.4, -0.2) is 60.4 Å². The van der Waals surface area contributed by atoms with Crippen LogP contribution in [-0.2, 0) is 0 Å². The van der Waals surface area contributed by atoms with E-state index in [0.29, 0.717) is 39.9 Å². The average Bonchev–Trinajstić information content (AvgIpc) is 2.99. The summed E-state index contributed by atoms with van der Waals surface area (Å²) in [6.45, 7) is 3.78. The molecule has 3 aromatic rings. The highest BCUT2D eigenvalue weighted by molar-refractivity contribution is 6.30. The molecule has 204 valence electrons. The zero-order valence-electron chi connectivity index (χ0n) is 22.0. The summed E-state index contributed by atoms with van der Waals surface area (Å²) in [4.78, 5) is 31.1. The number of aromatic nitrogens is 3. The maximum absolute atomic E-state index is 12.5. The van der Waals surface area contributed by atoms with Crippen molar-refractivity contribution in [2.45, 2.75) is 38.5 Å². The van der Waals surface area contributed by atoms with Gasteiger partial charge in [-0.05, 0) is 86.6 Å². The number of anilines is 3. The molecule has 5 rings (SSSR count). The van der Waals surface area contributed by atoms with E-state index in [4.69, 9.17) is 26.1 Å². The van der Waals surface area contributed by atoms with Gasteiger partial charge in [-0.1, -0.05) is 11.6 Å². The molecule has 1 aromatic heterocycles. The summed E-state index contributed by atoms with van der Waals surface area (Å²) < 4.78 is 11.0. The molecule has 39 heavy (non-hydrogen) atoms. The molecule has 2 aliphatic rings. The topological polar surface area (TPSA) is 105 Å². The first kappa shape index (κ1) is 26.7. The number of carbonyl (C=O) groups is 1. The van der Waals surface area contributed by atoms with Crippen molar-refractivity contribution in [3.05, 3.63) is 58.6 Å². The standard InChI is InChI=1S/C28H32ClN7O3/c1-38-24-18-20(8-13-23(24)39-25(37)21-9-11-22(29)12-10-21)19-30-34-26-31-27(35-14-4-2-5-15-35)33-28(32-26)36-16-6-3-7-17-36/h8-13,18-19H,2-7,14-17H2,1H3,(H,31,32,33,34). The van der Waals surface area contributed by atoms with E-state index < -0.39 is 5.97 Å². The first-order valence-corrected chi connectivity index (χ1v) is 13.7. The smallest absolute Gasteiger partial charge is 0.343 e. The molecule has 2 aromatic carbocycles. The Balaban J connectivity index is 1.30. The van der Waals surface area contributed by atoms with E-state index >= 15 is 0 Å². The number of methoxy groups -OCH3 is 1. The van der Waals surface area contributed by atoms with E-state index in [-0.39, 0.29) is 0 Å². The van der Waals surface area contributed by atoms with Gasteiger partial charge in [0.2, 0.25) is 17.8 Å². The van der Waals surface area contributed by atoms with Crippen molar-refractivity contribution < 1.29 is 14.3 Å². The van der Waals surface area contributed by atoms with Crippen LogP contribution in [0.15, 0.2) is 47.6 Å². The number of hydrazone groups is 1. The van der Waals surface area contributed by atoms with Gasteiger partial charge in [0, 0.05) is 31.2 Å². The van der Waals surface area contributed by atoms with Crippen molar-refractivity contribution in [2.75, 3.05) is 48.5 Å². The number of nitrogens with zero attached hydrogens (tertiary/aromatic N) is 6. The molecule has 2 aliphatic heterocycles. The monoisotopic (exact) mass is 549 g/mol. The predicted octanol–water partition coefficient (Wildman–Crippen LogP) is 5.18. The Kier molecular flexibility index (Phi) is 8.72.